The minimum atomic E-state index is 0.486. The Labute approximate surface area is 318 Å². The van der Waals surface area contributed by atoms with Gasteiger partial charge in [-0.25, -0.2) is 4.85 Å². The van der Waals surface area contributed by atoms with Gasteiger partial charge in [-0.1, -0.05) is 97.1 Å². The molecule has 12 aromatic rings. The number of benzene rings is 8. The van der Waals surface area contributed by atoms with Gasteiger partial charge in [-0.2, -0.15) is 5.26 Å². The van der Waals surface area contributed by atoms with Crippen molar-refractivity contribution in [1.82, 2.24) is 9.13 Å². The number of rotatable bonds is 3. The smallest absolute Gasteiger partial charge is 0.211 e. The van der Waals surface area contributed by atoms with Gasteiger partial charge < -0.3 is 18.0 Å². The van der Waals surface area contributed by atoms with Crippen molar-refractivity contribution in [1.29, 1.82) is 5.26 Å². The summed E-state index contributed by atoms with van der Waals surface area (Å²) in [6, 6.07) is 55.7. The van der Waals surface area contributed by atoms with Crippen molar-refractivity contribution in [2.75, 3.05) is 0 Å². The van der Waals surface area contributed by atoms with Crippen LogP contribution in [0.3, 0.4) is 0 Å². The summed E-state index contributed by atoms with van der Waals surface area (Å²) < 4.78 is 17.5. The van der Waals surface area contributed by atoms with Crippen LogP contribution in [0.1, 0.15) is 5.56 Å². The maximum Gasteiger partial charge on any atom is 0.211 e. The molecule has 0 unspecified atom stereocenters. The standard InChI is InChI=1S/C50H26N4O2/c1-52-39-16-10-15-34(48(39)54-41-18-7-3-14-38(41)47-43(54)26-24-36-33-12-5-9-20-45(33)56-50(36)47)31-22-21-30(27-29(31)28-51)53-40-17-6-2-13-37(40)46-42(53)25-23-35-32-11-4-8-19-44(32)55-49(35)46/h2-27H. The Morgan fingerprint density at radius 2 is 1.04 bits per heavy atom. The zero-order valence-corrected chi connectivity index (χ0v) is 29.6. The molecule has 4 aromatic heterocycles. The van der Waals surface area contributed by atoms with Crippen LogP contribution < -0.4 is 0 Å². The number of nitriles is 1. The molecule has 0 bridgehead atoms. The van der Waals surface area contributed by atoms with Crippen LogP contribution in [-0.4, -0.2) is 9.13 Å². The van der Waals surface area contributed by atoms with Crippen LogP contribution in [-0.2, 0) is 0 Å². The van der Waals surface area contributed by atoms with Crippen LogP contribution in [0.5, 0.6) is 0 Å². The van der Waals surface area contributed by atoms with Gasteiger partial charge in [0.25, 0.3) is 0 Å². The van der Waals surface area contributed by atoms with Crippen molar-refractivity contribution in [3.8, 4) is 28.6 Å². The minimum absolute atomic E-state index is 0.486. The molecule has 0 amide bonds. The van der Waals surface area contributed by atoms with E-state index in [-0.39, 0.29) is 0 Å². The lowest BCUT2D eigenvalue weighted by molar-refractivity contribution is 0.672. The highest BCUT2D eigenvalue weighted by molar-refractivity contribution is 6.25. The zero-order chi connectivity index (χ0) is 37.1. The quantitative estimate of drug-likeness (QED) is 0.171. The van der Waals surface area contributed by atoms with Crippen LogP contribution in [0.15, 0.2) is 167 Å². The molecule has 0 spiro atoms. The fourth-order valence-corrected chi connectivity index (χ4v) is 9.06. The lowest BCUT2D eigenvalue weighted by Crippen LogP contribution is -2.00. The monoisotopic (exact) mass is 714 g/mol. The molecule has 4 heterocycles. The van der Waals surface area contributed by atoms with Crippen molar-refractivity contribution in [3.05, 3.63) is 175 Å². The summed E-state index contributed by atoms with van der Waals surface area (Å²) in [5.41, 5.74) is 11.3. The predicted octanol–water partition coefficient (Wildman–Crippen LogP) is 13.8. The molecule has 0 saturated heterocycles. The first-order valence-electron chi connectivity index (χ1n) is 18.4. The van der Waals surface area contributed by atoms with E-state index in [1.807, 2.05) is 84.9 Å². The second-order valence-corrected chi connectivity index (χ2v) is 14.2. The first kappa shape index (κ1) is 30.4. The second kappa shape index (κ2) is 11.2. The van der Waals surface area contributed by atoms with Crippen LogP contribution in [0, 0.1) is 17.9 Å². The van der Waals surface area contributed by atoms with E-state index in [4.69, 9.17) is 15.4 Å². The highest BCUT2D eigenvalue weighted by atomic mass is 16.3. The van der Waals surface area contributed by atoms with Crippen molar-refractivity contribution < 1.29 is 8.83 Å². The number of hydrogen-bond donors (Lipinski definition) is 0. The Bertz CT molecular complexity index is 3750. The summed E-state index contributed by atoms with van der Waals surface area (Å²) in [6.45, 7) is 8.36. The molecule has 0 aliphatic heterocycles. The summed E-state index contributed by atoms with van der Waals surface area (Å²) in [7, 11) is 0. The van der Waals surface area contributed by atoms with E-state index in [0.29, 0.717) is 11.3 Å². The molecule has 12 rings (SSSR count). The van der Waals surface area contributed by atoms with Crippen LogP contribution in [0.4, 0.5) is 5.69 Å². The molecule has 0 aliphatic rings. The number of furan rings is 2. The van der Waals surface area contributed by atoms with E-state index in [0.717, 1.165) is 110 Å². The molecule has 6 nitrogen and oxygen atoms in total. The summed E-state index contributed by atoms with van der Waals surface area (Å²) >= 11 is 0. The number of para-hydroxylation sites is 5. The SMILES string of the molecule is [C-]#[N+]c1cccc(-c2ccc(-n3c4ccccc4c4c5oc6ccccc6c5ccc43)cc2C#N)c1-n1c2ccccc2c2c3oc4ccccc4c3ccc21. The number of hydrogen-bond acceptors (Lipinski definition) is 3. The average molecular weight is 715 g/mol. The van der Waals surface area contributed by atoms with Gasteiger partial charge in [-0.05, 0) is 66.2 Å². The van der Waals surface area contributed by atoms with Gasteiger partial charge in [-0.15, -0.1) is 0 Å². The molecule has 0 aliphatic carbocycles. The molecule has 6 heteroatoms. The summed E-state index contributed by atoms with van der Waals surface area (Å²) in [6.07, 6.45) is 0. The zero-order valence-electron chi connectivity index (χ0n) is 29.6. The first-order chi connectivity index (χ1) is 27.7. The Morgan fingerprint density at radius 1 is 0.482 bits per heavy atom. The molecular weight excluding hydrogens is 689 g/mol. The van der Waals surface area contributed by atoms with Gasteiger partial charge in [0, 0.05) is 43.6 Å². The Morgan fingerprint density at radius 3 is 1.64 bits per heavy atom. The third-order valence-electron chi connectivity index (χ3n) is 11.4. The van der Waals surface area contributed by atoms with Crippen molar-refractivity contribution >= 4 is 93.2 Å². The number of fused-ring (bicyclic) bond motifs is 14. The Balaban J connectivity index is 1.11. The molecule has 0 fully saturated rings. The average Bonchev–Trinajstić information content (AvgIpc) is 4.00. The van der Waals surface area contributed by atoms with E-state index < -0.39 is 0 Å². The lowest BCUT2D eigenvalue weighted by atomic mass is 9.96. The third-order valence-corrected chi connectivity index (χ3v) is 11.4. The molecule has 258 valence electrons. The van der Waals surface area contributed by atoms with Gasteiger partial charge in [0.1, 0.15) is 22.3 Å². The highest BCUT2D eigenvalue weighted by Crippen LogP contribution is 2.46. The fourth-order valence-electron chi connectivity index (χ4n) is 9.06. The van der Waals surface area contributed by atoms with Crippen molar-refractivity contribution in [3.63, 3.8) is 0 Å². The number of aromatic nitrogens is 2. The third kappa shape index (κ3) is 3.97. The molecule has 8 aromatic carbocycles. The van der Waals surface area contributed by atoms with Gasteiger partial charge in [0.2, 0.25) is 5.69 Å². The number of nitrogens with zero attached hydrogens (tertiary/aromatic N) is 4. The van der Waals surface area contributed by atoms with E-state index in [9.17, 15) is 5.26 Å². The topological polar surface area (TPSA) is 64.3 Å². The van der Waals surface area contributed by atoms with E-state index in [1.165, 1.54) is 0 Å². The van der Waals surface area contributed by atoms with Crippen molar-refractivity contribution in [2.24, 2.45) is 0 Å². The first-order valence-corrected chi connectivity index (χ1v) is 18.4. The summed E-state index contributed by atoms with van der Waals surface area (Å²) in [5.74, 6) is 0. The van der Waals surface area contributed by atoms with Crippen LogP contribution >= 0.6 is 0 Å². The molecular formula is C50H26N4O2. The summed E-state index contributed by atoms with van der Waals surface area (Å²) in [4.78, 5) is 4.06. The van der Waals surface area contributed by atoms with Gasteiger partial charge in [0.15, 0.2) is 0 Å². The van der Waals surface area contributed by atoms with Crippen LogP contribution in [0.2, 0.25) is 0 Å². The van der Waals surface area contributed by atoms with Gasteiger partial charge in [-0.3, -0.25) is 0 Å². The molecule has 0 N–H and O–H groups in total. The maximum absolute atomic E-state index is 10.9. The van der Waals surface area contributed by atoms with Crippen molar-refractivity contribution in [2.45, 2.75) is 0 Å². The normalized spacial score (nSPS) is 11.9. The second-order valence-electron chi connectivity index (χ2n) is 14.2. The Hall–Kier alpha value is -8.06. The maximum atomic E-state index is 10.9. The van der Waals surface area contributed by atoms with Crippen LogP contribution in [0.25, 0.3) is 115 Å². The molecule has 0 atom stereocenters. The highest BCUT2D eigenvalue weighted by Gasteiger charge is 2.24. The van der Waals surface area contributed by atoms with E-state index in [1.54, 1.807) is 0 Å². The fraction of sp³-hybridized carbons (Fsp3) is 0. The van der Waals surface area contributed by atoms with E-state index >= 15 is 0 Å². The minimum Gasteiger partial charge on any atom is -0.455 e. The largest absolute Gasteiger partial charge is 0.455 e. The molecule has 0 radical (unpaired) electrons. The Kier molecular flexibility index (Phi) is 6.10. The predicted molar refractivity (Wildman–Crippen MR) is 226 cm³/mol. The molecule has 0 saturated carbocycles. The van der Waals surface area contributed by atoms with Gasteiger partial charge >= 0.3 is 0 Å². The lowest BCUT2D eigenvalue weighted by Gasteiger charge is -2.18. The summed E-state index contributed by atoms with van der Waals surface area (Å²) in [5, 5.41) is 19.3. The molecule has 56 heavy (non-hydrogen) atoms. The van der Waals surface area contributed by atoms with Gasteiger partial charge in [0.05, 0.1) is 56.7 Å². The van der Waals surface area contributed by atoms with E-state index in [2.05, 4.69) is 92.8 Å².